The number of hydrogen-bond acceptors (Lipinski definition) is 5. The topological polar surface area (TPSA) is 119 Å². The minimum atomic E-state index is -0.529. The Kier molecular flexibility index (Phi) is 4.86. The summed E-state index contributed by atoms with van der Waals surface area (Å²) in [5.74, 6) is -0.164. The molecule has 0 radical (unpaired) electrons. The molecular formula is C23H24N4O3. The molecule has 154 valence electrons. The van der Waals surface area contributed by atoms with Gasteiger partial charge in [-0.25, -0.2) is 0 Å². The molecule has 1 fully saturated rings. The van der Waals surface area contributed by atoms with Crippen molar-refractivity contribution in [3.05, 3.63) is 53.1 Å². The van der Waals surface area contributed by atoms with Crippen molar-refractivity contribution in [1.29, 1.82) is 5.26 Å². The summed E-state index contributed by atoms with van der Waals surface area (Å²) in [4.78, 5) is 26.3. The van der Waals surface area contributed by atoms with Crippen LogP contribution in [0.4, 0.5) is 11.4 Å². The maximum Gasteiger partial charge on any atom is 0.248 e. The van der Waals surface area contributed by atoms with Crippen LogP contribution in [0.3, 0.4) is 0 Å². The molecule has 30 heavy (non-hydrogen) atoms. The second kappa shape index (κ2) is 7.38. The Morgan fingerprint density at radius 1 is 1.23 bits per heavy atom. The third-order valence-corrected chi connectivity index (χ3v) is 6.15. The molecule has 1 aliphatic carbocycles. The third-order valence-electron chi connectivity index (χ3n) is 6.15. The molecule has 4 N–H and O–H groups in total. The van der Waals surface area contributed by atoms with E-state index in [0.717, 1.165) is 24.1 Å². The highest BCUT2D eigenvalue weighted by atomic mass is 16.3. The van der Waals surface area contributed by atoms with Crippen molar-refractivity contribution in [2.45, 2.75) is 38.8 Å². The van der Waals surface area contributed by atoms with Gasteiger partial charge in [0.15, 0.2) is 0 Å². The van der Waals surface area contributed by atoms with E-state index in [1.165, 1.54) is 6.07 Å². The molecule has 4 rings (SSSR count). The molecule has 2 aromatic rings. The number of phenolic OH excluding ortho intramolecular Hbond substituents is 1. The van der Waals surface area contributed by atoms with Crippen LogP contribution in [-0.4, -0.2) is 23.0 Å². The number of nitrogens with two attached hydrogens (primary N) is 1. The molecule has 0 bridgehead atoms. The first-order valence-corrected chi connectivity index (χ1v) is 10.0. The highest BCUT2D eigenvalue weighted by molar-refractivity contribution is 5.97. The minimum absolute atomic E-state index is 0.0266. The number of nitrogens with one attached hydrogen (secondary N) is 1. The van der Waals surface area contributed by atoms with Crippen molar-refractivity contribution in [3.63, 3.8) is 0 Å². The zero-order valence-electron chi connectivity index (χ0n) is 16.9. The number of hydrogen-bond donors (Lipinski definition) is 3. The van der Waals surface area contributed by atoms with Crippen LogP contribution in [0.2, 0.25) is 0 Å². The molecule has 7 heteroatoms. The summed E-state index contributed by atoms with van der Waals surface area (Å²) < 4.78 is 0. The molecule has 7 nitrogen and oxygen atoms in total. The maximum atomic E-state index is 12.6. The number of primary amides is 1. The molecule has 1 heterocycles. The highest BCUT2D eigenvalue weighted by Crippen LogP contribution is 2.50. The first-order chi connectivity index (χ1) is 14.3. The van der Waals surface area contributed by atoms with Gasteiger partial charge in [-0.3, -0.25) is 9.59 Å². The smallest absolute Gasteiger partial charge is 0.248 e. The quantitative estimate of drug-likeness (QED) is 0.722. The van der Waals surface area contributed by atoms with E-state index in [2.05, 4.69) is 12.2 Å². The lowest BCUT2D eigenvalue weighted by molar-refractivity contribution is -0.117. The molecule has 0 unspecified atom stereocenters. The number of nitriles is 1. The summed E-state index contributed by atoms with van der Waals surface area (Å²) >= 11 is 0. The predicted octanol–water partition coefficient (Wildman–Crippen LogP) is 3.30. The van der Waals surface area contributed by atoms with Gasteiger partial charge >= 0.3 is 0 Å². The van der Waals surface area contributed by atoms with Gasteiger partial charge in [-0.2, -0.15) is 5.26 Å². The van der Waals surface area contributed by atoms with E-state index in [1.807, 2.05) is 11.0 Å². The van der Waals surface area contributed by atoms with Crippen molar-refractivity contribution in [1.82, 2.24) is 0 Å². The molecule has 0 spiro atoms. The Balaban J connectivity index is 1.82. The Hall–Kier alpha value is -3.53. The molecule has 2 aliphatic rings. The largest absolute Gasteiger partial charge is 0.506 e. The number of aromatic hydroxyl groups is 1. The number of fused-ring (bicyclic) bond motifs is 1. The fourth-order valence-corrected chi connectivity index (χ4v) is 4.61. The van der Waals surface area contributed by atoms with Gasteiger partial charge in [0, 0.05) is 41.9 Å². The van der Waals surface area contributed by atoms with Crippen LogP contribution in [0.25, 0.3) is 0 Å². The number of carbonyl (C=O) groups excluding carboxylic acids is 2. The van der Waals surface area contributed by atoms with E-state index in [1.54, 1.807) is 37.3 Å². The minimum Gasteiger partial charge on any atom is -0.506 e. The number of phenols is 1. The van der Waals surface area contributed by atoms with Crippen molar-refractivity contribution in [2.24, 2.45) is 17.6 Å². The van der Waals surface area contributed by atoms with E-state index in [9.17, 15) is 14.7 Å². The van der Waals surface area contributed by atoms with Gasteiger partial charge in [0.25, 0.3) is 0 Å². The van der Waals surface area contributed by atoms with Gasteiger partial charge in [0.05, 0.1) is 11.6 Å². The molecule has 2 aromatic carbocycles. The number of carbonyl (C=O) groups is 2. The van der Waals surface area contributed by atoms with E-state index >= 15 is 0 Å². The lowest BCUT2D eigenvalue weighted by atomic mass is 9.79. The summed E-state index contributed by atoms with van der Waals surface area (Å²) in [5.41, 5.74) is 8.33. The molecule has 0 saturated heterocycles. The fraction of sp³-hybridized carbons (Fsp3) is 0.348. The number of anilines is 2. The van der Waals surface area contributed by atoms with E-state index in [4.69, 9.17) is 11.0 Å². The summed E-state index contributed by atoms with van der Waals surface area (Å²) in [7, 11) is 0. The monoisotopic (exact) mass is 404 g/mol. The zero-order valence-corrected chi connectivity index (χ0v) is 16.9. The van der Waals surface area contributed by atoms with Gasteiger partial charge in [-0.15, -0.1) is 0 Å². The standard InChI is InChI=1S/C23H24N4O3/c1-12-21(26-17-7-5-16(11-24)20(29)10-17)18-9-15(23(25)30)6-8-19(18)27(13(2)28)22(12)14-3-4-14/h5-10,12,14,21-22,26,29H,3-4H2,1-2H3,(H2,25,30)/t12-,21-,22-/m1/s1. The Morgan fingerprint density at radius 3 is 2.53 bits per heavy atom. The van der Waals surface area contributed by atoms with Crippen LogP contribution in [0, 0.1) is 23.2 Å². The predicted molar refractivity (Wildman–Crippen MR) is 113 cm³/mol. The van der Waals surface area contributed by atoms with E-state index in [0.29, 0.717) is 17.2 Å². The Bertz CT molecular complexity index is 1070. The first kappa shape index (κ1) is 19.8. The van der Waals surface area contributed by atoms with Crippen LogP contribution >= 0.6 is 0 Å². The fourth-order valence-electron chi connectivity index (χ4n) is 4.61. The Labute approximate surface area is 175 Å². The summed E-state index contributed by atoms with van der Waals surface area (Å²) in [5, 5.41) is 22.6. The molecule has 2 amide bonds. The van der Waals surface area contributed by atoms with Crippen molar-refractivity contribution in [3.8, 4) is 11.8 Å². The zero-order chi connectivity index (χ0) is 21.6. The van der Waals surface area contributed by atoms with Crippen LogP contribution < -0.4 is 16.0 Å². The summed E-state index contributed by atoms with van der Waals surface area (Å²) in [6, 6.07) is 11.8. The second-order valence-electron chi connectivity index (χ2n) is 8.18. The van der Waals surface area contributed by atoms with Crippen molar-refractivity contribution >= 4 is 23.2 Å². The van der Waals surface area contributed by atoms with E-state index in [-0.39, 0.29) is 35.2 Å². The maximum absolute atomic E-state index is 12.6. The number of amides is 2. The molecule has 3 atom stereocenters. The van der Waals surface area contributed by atoms with Gasteiger partial charge < -0.3 is 21.1 Å². The highest BCUT2D eigenvalue weighted by Gasteiger charge is 2.47. The third kappa shape index (κ3) is 3.35. The number of rotatable bonds is 4. The molecule has 0 aromatic heterocycles. The molecular weight excluding hydrogens is 380 g/mol. The molecule has 1 saturated carbocycles. The lowest BCUT2D eigenvalue weighted by Gasteiger charge is -2.46. The first-order valence-electron chi connectivity index (χ1n) is 10.0. The van der Waals surface area contributed by atoms with Gasteiger partial charge in [-0.1, -0.05) is 6.92 Å². The van der Waals surface area contributed by atoms with E-state index < -0.39 is 5.91 Å². The van der Waals surface area contributed by atoms with Gasteiger partial charge in [0.1, 0.15) is 11.8 Å². The summed E-state index contributed by atoms with van der Waals surface area (Å²) in [6.45, 7) is 3.67. The second-order valence-corrected chi connectivity index (χ2v) is 8.18. The van der Waals surface area contributed by atoms with Crippen LogP contribution in [-0.2, 0) is 4.79 Å². The van der Waals surface area contributed by atoms with Crippen LogP contribution in [0.15, 0.2) is 36.4 Å². The average Bonchev–Trinajstić information content (AvgIpc) is 3.54. The SMILES string of the molecule is CC(=O)N1c2ccc(C(N)=O)cc2[C@H](Nc2ccc(C#N)c(O)c2)[C@@H](C)[C@@H]1C1CC1. The van der Waals surface area contributed by atoms with Crippen molar-refractivity contribution in [2.75, 3.05) is 10.2 Å². The Morgan fingerprint density at radius 2 is 1.97 bits per heavy atom. The van der Waals surface area contributed by atoms with Gasteiger partial charge in [-0.05, 0) is 54.7 Å². The van der Waals surface area contributed by atoms with Gasteiger partial charge in [0.2, 0.25) is 11.8 Å². The summed E-state index contributed by atoms with van der Waals surface area (Å²) in [6.07, 6.45) is 2.16. The number of benzene rings is 2. The van der Waals surface area contributed by atoms with Crippen LogP contribution in [0.5, 0.6) is 5.75 Å². The lowest BCUT2D eigenvalue weighted by Crippen LogP contribution is -2.51. The number of nitrogens with zero attached hydrogens (tertiary/aromatic N) is 2. The molecule has 1 aliphatic heterocycles. The van der Waals surface area contributed by atoms with Crippen LogP contribution in [0.1, 0.15) is 54.2 Å². The average molecular weight is 404 g/mol. The normalized spacial score (nSPS) is 22.7. The van der Waals surface area contributed by atoms with Crippen molar-refractivity contribution < 1.29 is 14.7 Å².